The van der Waals surface area contributed by atoms with E-state index in [1.807, 2.05) is 0 Å². The van der Waals surface area contributed by atoms with Crippen LogP contribution in [-0.4, -0.2) is 19.6 Å². The maximum atomic E-state index is 3.66. The van der Waals surface area contributed by atoms with Gasteiger partial charge in [-0.3, -0.25) is 0 Å². The average Bonchev–Trinajstić information content (AvgIpc) is 2.27. The van der Waals surface area contributed by atoms with Gasteiger partial charge in [0.15, 0.2) is 0 Å². The molecule has 0 amide bonds. The van der Waals surface area contributed by atoms with Crippen molar-refractivity contribution in [3.63, 3.8) is 0 Å². The predicted molar refractivity (Wildman–Crippen MR) is 80.7 cm³/mol. The molecular formula is C16H26N2. The van der Waals surface area contributed by atoms with Crippen molar-refractivity contribution in [3.8, 4) is 0 Å². The number of fused-ring (bicyclic) bond motifs is 1. The van der Waals surface area contributed by atoms with Gasteiger partial charge in [-0.05, 0) is 23.0 Å². The lowest BCUT2D eigenvalue weighted by Crippen LogP contribution is -2.45. The van der Waals surface area contributed by atoms with Gasteiger partial charge in [-0.25, -0.2) is 0 Å². The van der Waals surface area contributed by atoms with Crippen LogP contribution in [0.4, 0.5) is 11.4 Å². The number of anilines is 2. The van der Waals surface area contributed by atoms with Crippen molar-refractivity contribution in [1.29, 1.82) is 0 Å². The molecule has 1 atom stereocenters. The third-order valence-electron chi connectivity index (χ3n) is 3.99. The number of rotatable bonds is 1. The van der Waals surface area contributed by atoms with E-state index in [1.54, 1.807) is 0 Å². The minimum atomic E-state index is 0.184. The van der Waals surface area contributed by atoms with Crippen LogP contribution in [0.15, 0.2) is 18.2 Å². The molecule has 0 fully saturated rings. The zero-order valence-corrected chi connectivity index (χ0v) is 12.5. The molecule has 1 unspecified atom stereocenters. The Morgan fingerprint density at radius 1 is 1.28 bits per heavy atom. The predicted octanol–water partition coefficient (Wildman–Crippen LogP) is 3.87. The molecular weight excluding hydrogens is 220 g/mol. The van der Waals surface area contributed by atoms with Gasteiger partial charge in [-0.15, -0.1) is 0 Å². The highest BCUT2D eigenvalue weighted by molar-refractivity contribution is 5.77. The molecule has 0 aromatic heterocycles. The molecule has 0 aliphatic carbocycles. The summed E-state index contributed by atoms with van der Waals surface area (Å²) in [7, 11) is 2.22. The van der Waals surface area contributed by atoms with Gasteiger partial charge in [-0.2, -0.15) is 0 Å². The Hall–Kier alpha value is -1.18. The van der Waals surface area contributed by atoms with Gasteiger partial charge in [0.2, 0.25) is 0 Å². The van der Waals surface area contributed by atoms with E-state index in [-0.39, 0.29) is 5.41 Å². The minimum Gasteiger partial charge on any atom is -0.381 e. The lowest BCUT2D eigenvalue weighted by molar-refractivity contribution is 0.480. The second kappa shape index (κ2) is 4.49. The van der Waals surface area contributed by atoms with E-state index < -0.39 is 0 Å². The highest BCUT2D eigenvalue weighted by atomic mass is 15.2. The Kier molecular flexibility index (Phi) is 3.31. The summed E-state index contributed by atoms with van der Waals surface area (Å²) in [5, 5.41) is 3.66. The van der Waals surface area contributed by atoms with E-state index in [9.17, 15) is 0 Å². The maximum Gasteiger partial charge on any atom is 0.0616 e. The van der Waals surface area contributed by atoms with Gasteiger partial charge in [0.25, 0.3) is 0 Å². The average molecular weight is 246 g/mol. The topological polar surface area (TPSA) is 15.3 Å². The van der Waals surface area contributed by atoms with Crippen molar-refractivity contribution in [3.05, 3.63) is 23.8 Å². The molecule has 0 saturated heterocycles. The molecule has 0 radical (unpaired) electrons. The largest absolute Gasteiger partial charge is 0.381 e. The lowest BCUT2D eigenvalue weighted by Gasteiger charge is -2.41. The number of benzene rings is 1. The quantitative estimate of drug-likeness (QED) is 0.809. The standard InChI is InChI=1S/C16H26N2/c1-11(2)14-10-17-15-12(16(3,4)5)8-7-9-13(15)18(14)6/h7-9,11,14,17H,10H2,1-6H3. The highest BCUT2D eigenvalue weighted by Crippen LogP contribution is 2.39. The van der Waals surface area contributed by atoms with Gasteiger partial charge in [0.1, 0.15) is 0 Å². The molecule has 2 nitrogen and oxygen atoms in total. The molecule has 1 N–H and O–H groups in total. The smallest absolute Gasteiger partial charge is 0.0616 e. The Balaban J connectivity index is 2.46. The van der Waals surface area contributed by atoms with Gasteiger partial charge >= 0.3 is 0 Å². The number of hydrogen-bond donors (Lipinski definition) is 1. The van der Waals surface area contributed by atoms with Crippen molar-refractivity contribution in [2.75, 3.05) is 23.8 Å². The van der Waals surface area contributed by atoms with E-state index in [4.69, 9.17) is 0 Å². The maximum absolute atomic E-state index is 3.66. The first-order valence-electron chi connectivity index (χ1n) is 6.92. The van der Waals surface area contributed by atoms with Crippen molar-refractivity contribution >= 4 is 11.4 Å². The van der Waals surface area contributed by atoms with Crippen LogP contribution in [0.3, 0.4) is 0 Å². The molecule has 2 heteroatoms. The first-order chi connectivity index (χ1) is 8.32. The highest BCUT2D eigenvalue weighted by Gasteiger charge is 2.29. The number of hydrogen-bond acceptors (Lipinski definition) is 2. The molecule has 18 heavy (non-hydrogen) atoms. The monoisotopic (exact) mass is 246 g/mol. The van der Waals surface area contributed by atoms with Crippen molar-refractivity contribution < 1.29 is 0 Å². The fraction of sp³-hybridized carbons (Fsp3) is 0.625. The summed E-state index contributed by atoms with van der Waals surface area (Å²) >= 11 is 0. The van der Waals surface area contributed by atoms with Crippen LogP contribution in [0.1, 0.15) is 40.2 Å². The SMILES string of the molecule is CC(C)C1CNc2c(cccc2C(C)(C)C)N1C. The summed E-state index contributed by atoms with van der Waals surface area (Å²) in [6.45, 7) is 12.5. The fourth-order valence-corrected chi connectivity index (χ4v) is 2.85. The third kappa shape index (κ3) is 2.21. The Labute approximate surface area is 111 Å². The van der Waals surface area contributed by atoms with E-state index in [2.05, 4.69) is 70.1 Å². The molecule has 2 rings (SSSR count). The van der Waals surface area contributed by atoms with E-state index in [0.29, 0.717) is 12.0 Å². The zero-order valence-electron chi connectivity index (χ0n) is 12.5. The number of nitrogens with one attached hydrogen (secondary N) is 1. The number of likely N-dealkylation sites (N-methyl/N-ethyl adjacent to an activating group) is 1. The fourth-order valence-electron chi connectivity index (χ4n) is 2.85. The Morgan fingerprint density at radius 2 is 1.94 bits per heavy atom. The molecule has 0 saturated carbocycles. The summed E-state index contributed by atoms with van der Waals surface area (Å²) in [5.74, 6) is 0.661. The zero-order chi connectivity index (χ0) is 13.5. The Morgan fingerprint density at radius 3 is 2.50 bits per heavy atom. The molecule has 1 aliphatic heterocycles. The summed E-state index contributed by atoms with van der Waals surface area (Å²) in [6.07, 6.45) is 0. The van der Waals surface area contributed by atoms with Crippen LogP contribution in [-0.2, 0) is 5.41 Å². The first kappa shape index (κ1) is 13.3. The molecule has 0 spiro atoms. The summed E-state index contributed by atoms with van der Waals surface area (Å²) in [6, 6.07) is 7.23. The summed E-state index contributed by atoms with van der Waals surface area (Å²) < 4.78 is 0. The van der Waals surface area contributed by atoms with Crippen LogP contribution >= 0.6 is 0 Å². The van der Waals surface area contributed by atoms with Crippen molar-refractivity contribution in [1.82, 2.24) is 0 Å². The van der Waals surface area contributed by atoms with E-state index in [0.717, 1.165) is 6.54 Å². The number of nitrogens with zero attached hydrogens (tertiary/aromatic N) is 1. The second-order valence-corrected chi connectivity index (χ2v) is 6.75. The second-order valence-electron chi connectivity index (χ2n) is 6.75. The molecule has 100 valence electrons. The number of para-hydroxylation sites is 1. The van der Waals surface area contributed by atoms with Crippen LogP contribution in [0, 0.1) is 5.92 Å². The normalized spacial score (nSPS) is 19.7. The van der Waals surface area contributed by atoms with Crippen LogP contribution in [0.25, 0.3) is 0 Å². The van der Waals surface area contributed by atoms with E-state index in [1.165, 1.54) is 16.9 Å². The van der Waals surface area contributed by atoms with Crippen LogP contribution in [0.5, 0.6) is 0 Å². The van der Waals surface area contributed by atoms with Gasteiger partial charge in [0.05, 0.1) is 11.4 Å². The van der Waals surface area contributed by atoms with Gasteiger partial charge in [-0.1, -0.05) is 46.8 Å². The van der Waals surface area contributed by atoms with Crippen molar-refractivity contribution in [2.45, 2.75) is 46.1 Å². The first-order valence-corrected chi connectivity index (χ1v) is 6.92. The van der Waals surface area contributed by atoms with Gasteiger partial charge in [0, 0.05) is 19.6 Å². The van der Waals surface area contributed by atoms with Crippen LogP contribution < -0.4 is 10.2 Å². The minimum absolute atomic E-state index is 0.184. The van der Waals surface area contributed by atoms with Crippen LogP contribution in [0.2, 0.25) is 0 Å². The summed E-state index contributed by atoms with van der Waals surface area (Å²) in [4.78, 5) is 2.44. The third-order valence-corrected chi connectivity index (χ3v) is 3.99. The lowest BCUT2D eigenvalue weighted by atomic mass is 9.84. The molecule has 1 aliphatic rings. The molecule has 1 aromatic rings. The molecule has 1 aromatic carbocycles. The molecule has 0 bridgehead atoms. The molecule has 1 heterocycles. The van der Waals surface area contributed by atoms with E-state index >= 15 is 0 Å². The van der Waals surface area contributed by atoms with Gasteiger partial charge < -0.3 is 10.2 Å². The Bertz CT molecular complexity index is 429. The summed E-state index contributed by atoms with van der Waals surface area (Å²) in [5.41, 5.74) is 4.26. The van der Waals surface area contributed by atoms with Crippen molar-refractivity contribution in [2.24, 2.45) is 5.92 Å².